The second-order valence-electron chi connectivity index (χ2n) is 4.47. The van der Waals surface area contributed by atoms with Crippen molar-refractivity contribution in [3.8, 4) is 0 Å². The van der Waals surface area contributed by atoms with Crippen molar-refractivity contribution in [2.24, 2.45) is 0 Å². The van der Waals surface area contributed by atoms with Gasteiger partial charge in [0, 0.05) is 13.7 Å². The first kappa shape index (κ1) is 16.1. The van der Waals surface area contributed by atoms with Crippen molar-refractivity contribution >= 4 is 6.03 Å². The summed E-state index contributed by atoms with van der Waals surface area (Å²) in [5.41, 5.74) is 1.23. The molecule has 1 atom stereocenters. The number of amides is 2. The monoisotopic (exact) mass is 284 g/mol. The number of methoxy groups -OCH3 is 1. The highest BCUT2D eigenvalue weighted by atomic mass is 19.2. The first-order valence-electron chi connectivity index (χ1n) is 6.06. The van der Waals surface area contributed by atoms with Crippen LogP contribution in [0.3, 0.4) is 0 Å². The van der Waals surface area contributed by atoms with E-state index in [-0.39, 0.29) is 6.61 Å². The number of nitrogens with one attached hydrogen (secondary N) is 2. The summed E-state index contributed by atoms with van der Waals surface area (Å²) in [6, 6.07) is 2.46. The van der Waals surface area contributed by atoms with Crippen LogP contribution in [0.25, 0.3) is 0 Å². The Bertz CT molecular complexity index is 492. The largest absolute Gasteiger partial charge is 0.382 e. The average Bonchev–Trinajstić information content (AvgIpc) is 2.39. The van der Waals surface area contributed by atoms with E-state index in [4.69, 9.17) is 4.74 Å². The molecule has 0 fully saturated rings. The third-order valence-corrected chi connectivity index (χ3v) is 2.54. The van der Waals surface area contributed by atoms with Gasteiger partial charge in [0.1, 0.15) is 0 Å². The fraction of sp³-hybridized carbons (Fsp3) is 0.357. The van der Waals surface area contributed by atoms with E-state index >= 15 is 0 Å². The van der Waals surface area contributed by atoms with Gasteiger partial charge in [-0.05, 0) is 24.6 Å². The molecule has 0 saturated carbocycles. The van der Waals surface area contributed by atoms with E-state index in [2.05, 4.69) is 17.2 Å². The molecule has 20 heavy (non-hydrogen) atoms. The molecule has 0 aliphatic carbocycles. The van der Waals surface area contributed by atoms with Gasteiger partial charge in [-0.25, -0.2) is 13.6 Å². The SMILES string of the molecule is C=C(C)CNC(=O)N[C@H](COC)c1ccc(F)c(F)c1. The Morgan fingerprint density at radius 3 is 2.65 bits per heavy atom. The maximum absolute atomic E-state index is 13.2. The molecule has 0 spiro atoms. The van der Waals surface area contributed by atoms with Crippen LogP contribution in [0.2, 0.25) is 0 Å². The van der Waals surface area contributed by atoms with Crippen molar-refractivity contribution in [3.63, 3.8) is 0 Å². The van der Waals surface area contributed by atoms with Crippen molar-refractivity contribution in [1.82, 2.24) is 10.6 Å². The summed E-state index contributed by atoms with van der Waals surface area (Å²) in [6.45, 7) is 5.92. The van der Waals surface area contributed by atoms with Gasteiger partial charge in [-0.2, -0.15) is 0 Å². The van der Waals surface area contributed by atoms with Crippen LogP contribution in [0, 0.1) is 11.6 Å². The van der Waals surface area contributed by atoms with Crippen LogP contribution in [-0.4, -0.2) is 26.3 Å². The van der Waals surface area contributed by atoms with E-state index in [0.717, 1.165) is 17.7 Å². The Hall–Kier alpha value is -1.95. The molecule has 0 unspecified atom stereocenters. The van der Waals surface area contributed by atoms with Gasteiger partial charge in [0.15, 0.2) is 11.6 Å². The summed E-state index contributed by atoms with van der Waals surface area (Å²) in [5, 5.41) is 5.22. The Morgan fingerprint density at radius 1 is 1.40 bits per heavy atom. The number of carbonyl (C=O) groups is 1. The highest BCUT2D eigenvalue weighted by Gasteiger charge is 2.16. The molecule has 1 rings (SSSR count). The Kier molecular flexibility index (Phi) is 6.11. The lowest BCUT2D eigenvalue weighted by Crippen LogP contribution is -2.40. The van der Waals surface area contributed by atoms with Gasteiger partial charge in [0.2, 0.25) is 0 Å². The van der Waals surface area contributed by atoms with Gasteiger partial charge < -0.3 is 15.4 Å². The molecular weight excluding hydrogens is 266 g/mol. The summed E-state index contributed by atoms with van der Waals surface area (Å²) in [7, 11) is 1.46. The summed E-state index contributed by atoms with van der Waals surface area (Å²) in [6.07, 6.45) is 0. The van der Waals surface area contributed by atoms with Crippen LogP contribution in [0.1, 0.15) is 18.5 Å². The van der Waals surface area contributed by atoms with E-state index in [0.29, 0.717) is 12.1 Å². The topological polar surface area (TPSA) is 50.4 Å². The number of ether oxygens (including phenoxy) is 1. The van der Waals surface area contributed by atoms with Crippen molar-refractivity contribution in [1.29, 1.82) is 0 Å². The lowest BCUT2D eigenvalue weighted by atomic mass is 10.1. The number of urea groups is 1. The molecule has 0 bridgehead atoms. The van der Waals surface area contributed by atoms with Gasteiger partial charge in [0.05, 0.1) is 12.6 Å². The lowest BCUT2D eigenvalue weighted by molar-refractivity contribution is 0.166. The quantitative estimate of drug-likeness (QED) is 0.789. The Balaban J connectivity index is 2.75. The van der Waals surface area contributed by atoms with Crippen LogP contribution >= 0.6 is 0 Å². The summed E-state index contributed by atoms with van der Waals surface area (Å²) >= 11 is 0. The molecule has 0 heterocycles. The normalized spacial score (nSPS) is 11.8. The van der Waals surface area contributed by atoms with Gasteiger partial charge in [-0.1, -0.05) is 18.2 Å². The third kappa shape index (κ3) is 4.97. The van der Waals surface area contributed by atoms with Crippen LogP contribution in [-0.2, 0) is 4.74 Å². The van der Waals surface area contributed by atoms with Crippen LogP contribution in [0.15, 0.2) is 30.4 Å². The lowest BCUT2D eigenvalue weighted by Gasteiger charge is -2.19. The van der Waals surface area contributed by atoms with Gasteiger partial charge in [-0.3, -0.25) is 0 Å². The second kappa shape index (κ2) is 7.59. The van der Waals surface area contributed by atoms with Crippen molar-refractivity contribution in [3.05, 3.63) is 47.5 Å². The first-order valence-corrected chi connectivity index (χ1v) is 6.06. The van der Waals surface area contributed by atoms with E-state index in [1.54, 1.807) is 6.92 Å². The van der Waals surface area contributed by atoms with E-state index < -0.39 is 23.7 Å². The predicted molar refractivity (Wildman–Crippen MR) is 72.3 cm³/mol. The predicted octanol–water partition coefficient (Wildman–Crippen LogP) is 2.53. The Morgan fingerprint density at radius 2 is 2.10 bits per heavy atom. The van der Waals surface area contributed by atoms with Gasteiger partial charge in [-0.15, -0.1) is 0 Å². The molecule has 2 amide bonds. The molecule has 2 N–H and O–H groups in total. The summed E-state index contributed by atoms with van der Waals surface area (Å²) < 4.78 is 31.1. The number of carbonyl (C=O) groups excluding carboxylic acids is 1. The minimum Gasteiger partial charge on any atom is -0.382 e. The van der Waals surface area contributed by atoms with Gasteiger partial charge >= 0.3 is 6.03 Å². The molecule has 0 saturated heterocycles. The maximum atomic E-state index is 13.2. The molecule has 110 valence electrons. The van der Waals surface area contributed by atoms with Crippen LogP contribution in [0.4, 0.5) is 13.6 Å². The highest BCUT2D eigenvalue weighted by molar-refractivity contribution is 5.74. The van der Waals surface area contributed by atoms with Crippen molar-refractivity contribution in [2.75, 3.05) is 20.3 Å². The molecule has 1 aromatic rings. The fourth-order valence-corrected chi connectivity index (χ4v) is 1.56. The van der Waals surface area contributed by atoms with Crippen LogP contribution < -0.4 is 10.6 Å². The third-order valence-electron chi connectivity index (χ3n) is 2.54. The molecule has 4 nitrogen and oxygen atoms in total. The average molecular weight is 284 g/mol. The van der Waals surface area contributed by atoms with E-state index in [1.807, 2.05) is 0 Å². The number of benzene rings is 1. The maximum Gasteiger partial charge on any atom is 0.315 e. The fourth-order valence-electron chi connectivity index (χ4n) is 1.56. The molecule has 1 aromatic carbocycles. The molecule has 0 aliphatic rings. The van der Waals surface area contributed by atoms with Crippen LogP contribution in [0.5, 0.6) is 0 Å². The number of hydrogen-bond donors (Lipinski definition) is 2. The molecule has 6 heteroatoms. The second-order valence-corrected chi connectivity index (χ2v) is 4.47. The van der Waals surface area contributed by atoms with Gasteiger partial charge in [0.25, 0.3) is 0 Å². The standard InChI is InChI=1S/C14H18F2N2O2/c1-9(2)7-17-14(19)18-13(8-20-3)10-4-5-11(15)12(16)6-10/h4-6,13H,1,7-8H2,2-3H3,(H2,17,18,19)/t13-/m1/s1. The zero-order chi connectivity index (χ0) is 15.1. The minimum absolute atomic E-state index is 0.144. The van der Waals surface area contributed by atoms with Crippen molar-refractivity contribution < 1.29 is 18.3 Å². The smallest absolute Gasteiger partial charge is 0.315 e. The summed E-state index contributed by atoms with van der Waals surface area (Å²) in [5.74, 6) is -1.90. The van der Waals surface area contributed by atoms with E-state index in [9.17, 15) is 13.6 Å². The number of hydrogen-bond acceptors (Lipinski definition) is 2. The molecular formula is C14H18F2N2O2. The number of halogens is 2. The highest BCUT2D eigenvalue weighted by Crippen LogP contribution is 2.16. The summed E-state index contributed by atoms with van der Waals surface area (Å²) in [4.78, 5) is 11.7. The molecule has 0 aromatic heterocycles. The zero-order valence-corrected chi connectivity index (χ0v) is 11.5. The minimum atomic E-state index is -0.965. The van der Waals surface area contributed by atoms with Crippen molar-refractivity contribution in [2.45, 2.75) is 13.0 Å². The molecule has 0 radical (unpaired) electrons. The molecule has 0 aliphatic heterocycles. The van der Waals surface area contributed by atoms with E-state index in [1.165, 1.54) is 13.2 Å². The first-order chi connectivity index (χ1) is 9.43. The Labute approximate surface area is 116 Å². The zero-order valence-electron chi connectivity index (χ0n) is 11.5. The number of rotatable bonds is 6.